The fourth-order valence-corrected chi connectivity index (χ4v) is 3.11. The Hall–Kier alpha value is -0.770. The summed E-state index contributed by atoms with van der Waals surface area (Å²) in [4.78, 5) is 11.8. The molecule has 2 saturated carbocycles. The maximum Gasteiger partial charge on any atom is 0.315 e. The number of rotatable bonds is 3. The number of aliphatic hydroxyl groups is 1. The second kappa shape index (κ2) is 6.41. The molecule has 0 radical (unpaired) electrons. The molecule has 0 unspecified atom stereocenters. The number of hydrogen-bond donors (Lipinski definition) is 3. The minimum absolute atomic E-state index is 0.109. The summed E-state index contributed by atoms with van der Waals surface area (Å²) in [5, 5.41) is 16.0. The zero-order valence-corrected chi connectivity index (χ0v) is 11.2. The van der Waals surface area contributed by atoms with Crippen LogP contribution in [0.3, 0.4) is 0 Å². The van der Waals surface area contributed by atoms with Gasteiger partial charge in [0.2, 0.25) is 0 Å². The monoisotopic (exact) mass is 254 g/mol. The molecule has 2 rings (SSSR count). The van der Waals surface area contributed by atoms with Crippen molar-refractivity contribution in [1.82, 2.24) is 10.6 Å². The second-order valence-corrected chi connectivity index (χ2v) is 5.95. The molecule has 4 heteroatoms. The van der Waals surface area contributed by atoms with Crippen molar-refractivity contribution in [2.75, 3.05) is 6.54 Å². The highest BCUT2D eigenvalue weighted by molar-refractivity contribution is 5.74. The van der Waals surface area contributed by atoms with Crippen molar-refractivity contribution >= 4 is 6.03 Å². The van der Waals surface area contributed by atoms with Gasteiger partial charge in [0, 0.05) is 12.6 Å². The molecule has 2 amide bonds. The van der Waals surface area contributed by atoms with Gasteiger partial charge in [0.25, 0.3) is 0 Å². The molecule has 0 heterocycles. The molecular formula is C14H26N2O2. The average molecular weight is 254 g/mol. The third kappa shape index (κ3) is 4.16. The van der Waals surface area contributed by atoms with Crippen LogP contribution in [0.25, 0.3) is 0 Å². The van der Waals surface area contributed by atoms with Crippen molar-refractivity contribution in [3.05, 3.63) is 0 Å². The van der Waals surface area contributed by atoms with Crippen LogP contribution in [0.2, 0.25) is 0 Å². The number of nitrogens with one attached hydrogen (secondary N) is 2. The lowest BCUT2D eigenvalue weighted by atomic mass is 10.0. The van der Waals surface area contributed by atoms with E-state index in [9.17, 15) is 9.90 Å². The van der Waals surface area contributed by atoms with Crippen molar-refractivity contribution in [3.63, 3.8) is 0 Å². The van der Waals surface area contributed by atoms with Gasteiger partial charge < -0.3 is 15.7 Å². The Morgan fingerprint density at radius 3 is 2.28 bits per heavy atom. The highest BCUT2D eigenvalue weighted by Crippen LogP contribution is 2.28. The van der Waals surface area contributed by atoms with Crippen LogP contribution >= 0.6 is 0 Å². The molecule has 2 aliphatic carbocycles. The van der Waals surface area contributed by atoms with E-state index in [4.69, 9.17) is 0 Å². The van der Waals surface area contributed by atoms with Gasteiger partial charge in [-0.05, 0) is 25.7 Å². The SMILES string of the molecule is O=C(NCC1(O)CCCC1)NC1CCCCCC1. The van der Waals surface area contributed by atoms with Gasteiger partial charge in [0.1, 0.15) is 0 Å². The standard InChI is InChI=1S/C14H26N2O2/c17-13(15-11-14(18)9-5-6-10-14)16-12-7-3-1-2-4-8-12/h12,18H,1-11H2,(H2,15,16,17). The van der Waals surface area contributed by atoms with Gasteiger partial charge in [-0.2, -0.15) is 0 Å². The first-order valence-corrected chi connectivity index (χ1v) is 7.45. The first kappa shape index (κ1) is 13.7. The van der Waals surface area contributed by atoms with E-state index in [0.29, 0.717) is 12.6 Å². The lowest BCUT2D eigenvalue weighted by Gasteiger charge is -2.23. The van der Waals surface area contributed by atoms with Crippen LogP contribution in [0.5, 0.6) is 0 Å². The number of carbonyl (C=O) groups is 1. The molecule has 2 aliphatic rings. The summed E-state index contributed by atoms with van der Waals surface area (Å²) in [6.07, 6.45) is 11.0. The maximum atomic E-state index is 11.8. The minimum atomic E-state index is -0.652. The molecule has 0 atom stereocenters. The molecule has 2 fully saturated rings. The van der Waals surface area contributed by atoms with Gasteiger partial charge >= 0.3 is 6.03 Å². The van der Waals surface area contributed by atoms with Crippen LogP contribution in [-0.4, -0.2) is 29.3 Å². The third-order valence-corrected chi connectivity index (χ3v) is 4.30. The fourth-order valence-electron chi connectivity index (χ4n) is 3.11. The fraction of sp³-hybridized carbons (Fsp3) is 0.929. The molecule has 3 N–H and O–H groups in total. The number of carbonyl (C=O) groups excluding carboxylic acids is 1. The molecule has 0 aromatic carbocycles. The van der Waals surface area contributed by atoms with Gasteiger partial charge in [-0.1, -0.05) is 38.5 Å². The van der Waals surface area contributed by atoms with Crippen LogP contribution in [0.15, 0.2) is 0 Å². The van der Waals surface area contributed by atoms with Gasteiger partial charge in [-0.15, -0.1) is 0 Å². The molecule has 0 aliphatic heterocycles. The summed E-state index contributed by atoms with van der Waals surface area (Å²) < 4.78 is 0. The highest BCUT2D eigenvalue weighted by Gasteiger charge is 2.31. The lowest BCUT2D eigenvalue weighted by Crippen LogP contribution is -2.47. The van der Waals surface area contributed by atoms with Crippen LogP contribution in [0.4, 0.5) is 4.79 Å². The van der Waals surface area contributed by atoms with Crippen molar-refractivity contribution in [2.45, 2.75) is 75.9 Å². The van der Waals surface area contributed by atoms with E-state index in [-0.39, 0.29) is 6.03 Å². The molecule has 0 aromatic rings. The molecule has 0 bridgehead atoms. The van der Waals surface area contributed by atoms with Crippen LogP contribution < -0.4 is 10.6 Å². The van der Waals surface area contributed by atoms with E-state index < -0.39 is 5.60 Å². The lowest BCUT2D eigenvalue weighted by molar-refractivity contribution is 0.0500. The van der Waals surface area contributed by atoms with E-state index in [2.05, 4.69) is 10.6 Å². The Morgan fingerprint density at radius 1 is 1.06 bits per heavy atom. The van der Waals surface area contributed by atoms with E-state index in [1.807, 2.05) is 0 Å². The number of urea groups is 1. The van der Waals surface area contributed by atoms with Gasteiger partial charge in [0.05, 0.1) is 5.60 Å². The average Bonchev–Trinajstić information content (AvgIpc) is 2.62. The highest BCUT2D eigenvalue weighted by atomic mass is 16.3. The first-order chi connectivity index (χ1) is 8.68. The van der Waals surface area contributed by atoms with Gasteiger partial charge in [0.15, 0.2) is 0 Å². The zero-order chi connectivity index (χ0) is 12.8. The van der Waals surface area contributed by atoms with Gasteiger partial charge in [-0.25, -0.2) is 4.79 Å². The molecular weight excluding hydrogens is 228 g/mol. The van der Waals surface area contributed by atoms with Crippen molar-refractivity contribution < 1.29 is 9.90 Å². The van der Waals surface area contributed by atoms with Crippen LogP contribution in [0.1, 0.15) is 64.2 Å². The molecule has 4 nitrogen and oxygen atoms in total. The summed E-state index contributed by atoms with van der Waals surface area (Å²) in [6.45, 7) is 0.394. The summed E-state index contributed by atoms with van der Waals surface area (Å²) in [7, 11) is 0. The van der Waals surface area contributed by atoms with E-state index >= 15 is 0 Å². The Kier molecular flexibility index (Phi) is 4.87. The Labute approximate surface area is 110 Å². The summed E-state index contributed by atoms with van der Waals surface area (Å²) >= 11 is 0. The van der Waals surface area contributed by atoms with Crippen molar-refractivity contribution in [2.24, 2.45) is 0 Å². The van der Waals surface area contributed by atoms with Crippen molar-refractivity contribution in [3.8, 4) is 0 Å². The van der Waals surface area contributed by atoms with E-state index in [1.54, 1.807) is 0 Å². The maximum absolute atomic E-state index is 11.8. The number of amides is 2. The minimum Gasteiger partial charge on any atom is -0.388 e. The summed E-state index contributed by atoms with van der Waals surface area (Å²) in [5.74, 6) is 0. The smallest absolute Gasteiger partial charge is 0.315 e. The van der Waals surface area contributed by atoms with Crippen LogP contribution in [-0.2, 0) is 0 Å². The normalized spacial score (nSPS) is 24.5. The van der Waals surface area contributed by atoms with Crippen molar-refractivity contribution in [1.29, 1.82) is 0 Å². The predicted octanol–water partition coefficient (Wildman–Crippen LogP) is 2.31. The third-order valence-electron chi connectivity index (χ3n) is 4.30. The predicted molar refractivity (Wildman–Crippen MR) is 71.4 cm³/mol. The van der Waals surface area contributed by atoms with Crippen LogP contribution in [0, 0.1) is 0 Å². The second-order valence-electron chi connectivity index (χ2n) is 5.95. The Morgan fingerprint density at radius 2 is 1.67 bits per heavy atom. The summed E-state index contributed by atoms with van der Waals surface area (Å²) in [6, 6.07) is 0.216. The van der Waals surface area contributed by atoms with Gasteiger partial charge in [-0.3, -0.25) is 0 Å². The van der Waals surface area contributed by atoms with E-state index in [1.165, 1.54) is 25.7 Å². The zero-order valence-electron chi connectivity index (χ0n) is 11.2. The molecule has 0 aromatic heterocycles. The summed E-state index contributed by atoms with van der Waals surface area (Å²) in [5.41, 5.74) is -0.652. The molecule has 104 valence electrons. The topological polar surface area (TPSA) is 61.4 Å². The molecule has 18 heavy (non-hydrogen) atoms. The number of hydrogen-bond acceptors (Lipinski definition) is 2. The quantitative estimate of drug-likeness (QED) is 0.677. The Balaban J connectivity index is 1.67. The molecule has 0 saturated heterocycles. The first-order valence-electron chi connectivity index (χ1n) is 7.45. The largest absolute Gasteiger partial charge is 0.388 e. The van der Waals surface area contributed by atoms with E-state index in [0.717, 1.165) is 38.5 Å². The molecule has 0 spiro atoms. The Bertz CT molecular complexity index is 267.